The number of amides is 2. The second kappa shape index (κ2) is 16.2. The van der Waals surface area contributed by atoms with Gasteiger partial charge in [-0.2, -0.15) is 10.4 Å². The summed E-state index contributed by atoms with van der Waals surface area (Å²) in [7, 11) is 0. The molecule has 4 aliphatic rings. The molecule has 16 heteroatoms. The van der Waals surface area contributed by atoms with E-state index < -0.39 is 5.92 Å². The van der Waals surface area contributed by atoms with Crippen LogP contribution in [0.5, 0.6) is 0 Å². The number of fused-ring (bicyclic) bond motifs is 1. The summed E-state index contributed by atoms with van der Waals surface area (Å²) in [6, 6.07) is 15.3. The van der Waals surface area contributed by atoms with Gasteiger partial charge in [0.25, 0.3) is 0 Å². The first-order valence-electron chi connectivity index (χ1n) is 19.8. The molecule has 1 atom stereocenters. The van der Waals surface area contributed by atoms with Gasteiger partial charge in [-0.25, -0.2) is 8.91 Å². The van der Waals surface area contributed by atoms with Gasteiger partial charge in [0.05, 0.1) is 45.8 Å². The van der Waals surface area contributed by atoms with Gasteiger partial charge in [0.15, 0.2) is 5.01 Å². The van der Waals surface area contributed by atoms with Crippen LogP contribution in [-0.4, -0.2) is 107 Å². The van der Waals surface area contributed by atoms with E-state index >= 15 is 4.39 Å². The van der Waals surface area contributed by atoms with Gasteiger partial charge in [-0.05, 0) is 80.0 Å². The molecule has 14 nitrogen and oxygen atoms in total. The van der Waals surface area contributed by atoms with Gasteiger partial charge in [-0.1, -0.05) is 17.4 Å². The maximum Gasteiger partial charge on any atom is 0.234 e. The number of rotatable bonds is 9. The Morgan fingerprint density at radius 1 is 0.930 bits per heavy atom. The lowest BCUT2D eigenvalue weighted by molar-refractivity contribution is -0.134. The fourth-order valence-corrected chi connectivity index (χ4v) is 9.43. The van der Waals surface area contributed by atoms with E-state index in [2.05, 4.69) is 52.8 Å². The van der Waals surface area contributed by atoms with Crippen LogP contribution in [-0.2, 0) is 14.3 Å². The first-order chi connectivity index (χ1) is 27.9. The molecular weight excluding hydrogens is 746 g/mol. The minimum atomic E-state index is -0.490. The Balaban J connectivity index is 0.815. The number of nitrogens with zero attached hydrogens (tertiary/aromatic N) is 9. The monoisotopic (exact) mass is 789 g/mol. The zero-order valence-electron chi connectivity index (χ0n) is 31.6. The van der Waals surface area contributed by atoms with Gasteiger partial charge in [0.1, 0.15) is 11.9 Å². The summed E-state index contributed by atoms with van der Waals surface area (Å²) in [6.07, 6.45) is 7.93. The number of anilines is 3. The number of nitrogens with one attached hydrogen (secondary N) is 2. The third-order valence-electron chi connectivity index (χ3n) is 11.7. The topological polar surface area (TPSA) is 157 Å². The second-order valence-corrected chi connectivity index (χ2v) is 16.3. The molecule has 2 amide bonds. The predicted octanol–water partition coefficient (Wildman–Crippen LogP) is 5.08. The highest BCUT2D eigenvalue weighted by Crippen LogP contribution is 2.37. The highest BCUT2D eigenvalue weighted by atomic mass is 32.1. The van der Waals surface area contributed by atoms with Crippen LogP contribution in [0.2, 0.25) is 0 Å². The van der Waals surface area contributed by atoms with E-state index in [1.807, 2.05) is 35.0 Å². The number of nitriles is 1. The number of imide groups is 1. The molecule has 0 unspecified atom stereocenters. The first kappa shape index (κ1) is 37.1. The average Bonchev–Trinajstić information content (AvgIpc) is 3.90. The van der Waals surface area contributed by atoms with Crippen molar-refractivity contribution in [3.63, 3.8) is 0 Å². The summed E-state index contributed by atoms with van der Waals surface area (Å²) in [4.78, 5) is 35.7. The van der Waals surface area contributed by atoms with E-state index in [0.717, 1.165) is 123 Å². The summed E-state index contributed by atoms with van der Waals surface area (Å²) in [5.74, 6) is -0.879. The Bertz CT molecular complexity index is 2320. The summed E-state index contributed by atoms with van der Waals surface area (Å²) in [5.41, 5.74) is 6.00. The van der Waals surface area contributed by atoms with E-state index in [4.69, 9.17) is 9.72 Å². The molecule has 57 heavy (non-hydrogen) atoms. The standard InChI is InChI=1S/C41H44FN11O3S/c42-33-20-28(31-3-6-38(54)47-39(31)55)1-4-36(33)51-11-7-26(8-12-51)25-50-13-15-52(16-14-50)41-49-48-40(57-41)32-24-44-35(21-34(32)46-29-9-17-56-18-10-29)37-5-2-30-19-27(22-43)23-45-53(30)37/h1-2,4-5,19-21,23-24,26,29,31H,3,6-18,25H2,(H,44,46)(H,47,54,55)/t31-/m1/s1. The molecule has 4 aromatic heterocycles. The molecule has 9 rings (SSSR count). The fourth-order valence-electron chi connectivity index (χ4n) is 8.50. The first-order valence-corrected chi connectivity index (χ1v) is 20.6. The number of benzene rings is 1. The minimum absolute atomic E-state index is 0.264. The maximum atomic E-state index is 15.3. The number of piperazine rings is 1. The molecule has 4 aliphatic heterocycles. The Hall–Kier alpha value is -5.50. The molecule has 4 saturated heterocycles. The van der Waals surface area contributed by atoms with Crippen molar-refractivity contribution in [2.24, 2.45) is 5.92 Å². The molecular formula is C41H44FN11O3S. The number of piperidine rings is 2. The van der Waals surface area contributed by atoms with Crippen molar-refractivity contribution in [3.8, 4) is 28.0 Å². The van der Waals surface area contributed by atoms with Gasteiger partial charge in [0, 0.05) is 83.4 Å². The SMILES string of the molecule is N#Cc1cnn2c(-c3cc(NC4CCOCC4)c(-c4nnc(N5CCN(CC6CCN(c7ccc([C@H]8CCC(=O)NC8=O)cc7F)CC6)CC5)s4)cn3)ccc2c1. The average molecular weight is 790 g/mol. The lowest BCUT2D eigenvalue weighted by Crippen LogP contribution is -2.49. The normalized spacial score (nSPS) is 20.2. The van der Waals surface area contributed by atoms with Crippen LogP contribution in [0.1, 0.15) is 55.6 Å². The van der Waals surface area contributed by atoms with Crippen molar-refractivity contribution in [2.45, 2.75) is 50.5 Å². The number of carbonyl (C=O) groups is 2. The fraction of sp³-hybridized carbons (Fsp3) is 0.439. The Morgan fingerprint density at radius 2 is 1.75 bits per heavy atom. The minimum Gasteiger partial charge on any atom is -0.381 e. The van der Waals surface area contributed by atoms with Crippen LogP contribution in [0.15, 0.2) is 54.9 Å². The van der Waals surface area contributed by atoms with Crippen LogP contribution in [0, 0.1) is 23.1 Å². The van der Waals surface area contributed by atoms with E-state index in [9.17, 15) is 14.9 Å². The van der Waals surface area contributed by atoms with Crippen molar-refractivity contribution in [1.82, 2.24) is 35.0 Å². The van der Waals surface area contributed by atoms with E-state index in [-0.39, 0.29) is 30.1 Å². The molecule has 4 fully saturated rings. The predicted molar refractivity (Wildman–Crippen MR) is 215 cm³/mol. The van der Waals surface area contributed by atoms with E-state index in [1.54, 1.807) is 23.6 Å². The zero-order chi connectivity index (χ0) is 38.9. The quantitative estimate of drug-likeness (QED) is 0.192. The highest BCUT2D eigenvalue weighted by Gasteiger charge is 2.30. The Labute approximate surface area is 333 Å². The number of carbonyl (C=O) groups excluding carboxylic acids is 2. The van der Waals surface area contributed by atoms with Crippen LogP contribution in [0.3, 0.4) is 0 Å². The number of hydrogen-bond donors (Lipinski definition) is 2. The largest absolute Gasteiger partial charge is 0.381 e. The lowest BCUT2D eigenvalue weighted by Gasteiger charge is -2.39. The van der Waals surface area contributed by atoms with Crippen molar-refractivity contribution in [1.29, 1.82) is 5.26 Å². The van der Waals surface area contributed by atoms with Gasteiger partial charge in [-0.3, -0.25) is 24.8 Å². The summed E-state index contributed by atoms with van der Waals surface area (Å²) in [6.45, 7) is 7.64. The number of aromatic nitrogens is 5. The number of hydrogen-bond acceptors (Lipinski definition) is 13. The number of pyridine rings is 1. The van der Waals surface area contributed by atoms with E-state index in [1.165, 1.54) is 6.07 Å². The smallest absolute Gasteiger partial charge is 0.234 e. The van der Waals surface area contributed by atoms with Crippen LogP contribution >= 0.6 is 11.3 Å². The molecule has 5 aromatic rings. The highest BCUT2D eigenvalue weighted by molar-refractivity contribution is 7.18. The molecule has 0 radical (unpaired) electrons. The maximum absolute atomic E-state index is 15.3. The molecule has 2 N–H and O–H groups in total. The number of ether oxygens (including phenoxy) is 1. The van der Waals surface area contributed by atoms with Gasteiger partial charge < -0.3 is 19.9 Å². The third-order valence-corrected chi connectivity index (χ3v) is 12.8. The Morgan fingerprint density at radius 3 is 2.53 bits per heavy atom. The van der Waals surface area contributed by atoms with Gasteiger partial charge in [-0.15, -0.1) is 10.2 Å². The zero-order valence-corrected chi connectivity index (χ0v) is 32.4. The molecule has 294 valence electrons. The molecule has 1 aromatic carbocycles. The molecule has 0 aliphatic carbocycles. The van der Waals surface area contributed by atoms with Crippen molar-refractivity contribution in [3.05, 3.63) is 71.8 Å². The Kier molecular flexibility index (Phi) is 10.5. The number of halogens is 1. The molecule has 8 heterocycles. The van der Waals surface area contributed by atoms with Crippen molar-refractivity contribution >= 4 is 45.2 Å². The third kappa shape index (κ3) is 7.92. The van der Waals surface area contributed by atoms with Crippen molar-refractivity contribution < 1.29 is 18.7 Å². The molecule has 0 saturated carbocycles. The van der Waals surface area contributed by atoms with Gasteiger partial charge >= 0.3 is 0 Å². The summed E-state index contributed by atoms with van der Waals surface area (Å²) >= 11 is 1.59. The van der Waals surface area contributed by atoms with Crippen LogP contribution in [0.25, 0.3) is 27.5 Å². The van der Waals surface area contributed by atoms with Crippen molar-refractivity contribution in [2.75, 3.05) is 74.1 Å². The second-order valence-electron chi connectivity index (χ2n) is 15.4. The van der Waals surface area contributed by atoms with Crippen LogP contribution < -0.4 is 20.4 Å². The molecule has 0 spiro atoms. The summed E-state index contributed by atoms with van der Waals surface area (Å²) < 4.78 is 22.7. The lowest BCUT2D eigenvalue weighted by atomic mass is 9.90. The summed E-state index contributed by atoms with van der Waals surface area (Å²) in [5, 5.41) is 31.0. The van der Waals surface area contributed by atoms with E-state index in [0.29, 0.717) is 29.2 Å². The van der Waals surface area contributed by atoms with Crippen LogP contribution in [0.4, 0.5) is 20.9 Å². The van der Waals surface area contributed by atoms with Gasteiger partial charge in [0.2, 0.25) is 16.9 Å². The molecule has 0 bridgehead atoms.